The van der Waals surface area contributed by atoms with E-state index in [9.17, 15) is 13.2 Å². The second-order valence-electron chi connectivity index (χ2n) is 5.67. The van der Waals surface area contributed by atoms with Gasteiger partial charge in [0.2, 0.25) is 0 Å². The van der Waals surface area contributed by atoms with Gasteiger partial charge in [0.1, 0.15) is 6.04 Å². The van der Waals surface area contributed by atoms with Crippen molar-refractivity contribution in [3.8, 4) is 0 Å². The van der Waals surface area contributed by atoms with Crippen molar-refractivity contribution in [3.05, 3.63) is 84.4 Å². The minimum absolute atomic E-state index is 0.357. The van der Waals surface area contributed by atoms with Crippen molar-refractivity contribution in [1.82, 2.24) is 4.90 Å². The summed E-state index contributed by atoms with van der Waals surface area (Å²) in [4.78, 5) is 1.70. The minimum atomic E-state index is -4.48. The van der Waals surface area contributed by atoms with Gasteiger partial charge >= 0.3 is 6.18 Å². The number of hydrogen-bond donors (Lipinski definition) is 1. The Balaban J connectivity index is 2.28. The van der Waals surface area contributed by atoms with Gasteiger partial charge in [0, 0.05) is 13.1 Å². The third-order valence-electron chi connectivity index (χ3n) is 3.87. The number of nitrogens with zero attached hydrogens (tertiary/aromatic N) is 1. The molecule has 2 nitrogen and oxygen atoms in total. The van der Waals surface area contributed by atoms with Crippen molar-refractivity contribution < 1.29 is 13.2 Å². The Kier molecular flexibility index (Phi) is 6.17. The zero-order chi connectivity index (χ0) is 17.6. The van der Waals surface area contributed by atoms with Crippen LogP contribution in [-0.2, 0) is 13.1 Å². The standard InChI is InChI=1S/C19H21F3N2/c1-2-17(18(23)19(20,21)22)24(13-15-9-5-3-6-10-15)14-16-11-7-4-8-12-16/h2-12,17-18H,1,13-14,23H2/t17-,18-/m0/s1. The molecule has 0 aliphatic rings. The molecule has 0 saturated carbocycles. The molecule has 2 rings (SSSR count). The van der Waals surface area contributed by atoms with Crippen LogP contribution in [0.15, 0.2) is 73.3 Å². The molecule has 0 spiro atoms. The van der Waals surface area contributed by atoms with E-state index in [1.807, 2.05) is 60.7 Å². The van der Waals surface area contributed by atoms with Gasteiger partial charge in [-0.15, -0.1) is 6.58 Å². The van der Waals surface area contributed by atoms with E-state index in [-0.39, 0.29) is 0 Å². The van der Waals surface area contributed by atoms with Crippen LogP contribution in [0.3, 0.4) is 0 Å². The van der Waals surface area contributed by atoms with Crippen molar-refractivity contribution in [1.29, 1.82) is 0 Å². The summed E-state index contributed by atoms with van der Waals surface area (Å²) in [6.07, 6.45) is -3.20. The Morgan fingerprint density at radius 1 is 0.917 bits per heavy atom. The fourth-order valence-electron chi connectivity index (χ4n) is 2.62. The van der Waals surface area contributed by atoms with E-state index in [1.165, 1.54) is 6.08 Å². The molecule has 0 heterocycles. The van der Waals surface area contributed by atoms with Gasteiger partial charge < -0.3 is 5.73 Å². The number of benzene rings is 2. The monoisotopic (exact) mass is 334 g/mol. The zero-order valence-corrected chi connectivity index (χ0v) is 13.3. The van der Waals surface area contributed by atoms with Crippen molar-refractivity contribution in [2.75, 3.05) is 0 Å². The quantitative estimate of drug-likeness (QED) is 0.771. The second kappa shape index (κ2) is 8.13. The van der Waals surface area contributed by atoms with Gasteiger partial charge in [0.05, 0.1) is 6.04 Å². The second-order valence-corrected chi connectivity index (χ2v) is 5.67. The van der Waals surface area contributed by atoms with Gasteiger partial charge in [-0.25, -0.2) is 0 Å². The number of hydrogen-bond acceptors (Lipinski definition) is 2. The van der Waals surface area contributed by atoms with E-state index in [2.05, 4.69) is 6.58 Å². The van der Waals surface area contributed by atoms with Gasteiger partial charge in [0.25, 0.3) is 0 Å². The lowest BCUT2D eigenvalue weighted by molar-refractivity contribution is -0.159. The number of alkyl halides is 3. The molecule has 0 aromatic heterocycles. The molecule has 5 heteroatoms. The maximum Gasteiger partial charge on any atom is 0.405 e. The maximum absolute atomic E-state index is 13.1. The highest BCUT2D eigenvalue weighted by atomic mass is 19.4. The van der Waals surface area contributed by atoms with Crippen LogP contribution in [0.5, 0.6) is 0 Å². The van der Waals surface area contributed by atoms with Crippen LogP contribution in [0.25, 0.3) is 0 Å². The molecular formula is C19H21F3N2. The average molecular weight is 334 g/mol. The highest BCUT2D eigenvalue weighted by Gasteiger charge is 2.43. The Bertz CT molecular complexity index is 585. The van der Waals surface area contributed by atoms with Crippen LogP contribution in [0.4, 0.5) is 13.2 Å². The number of halogens is 3. The molecule has 0 amide bonds. The molecule has 2 N–H and O–H groups in total. The van der Waals surface area contributed by atoms with E-state index in [0.29, 0.717) is 13.1 Å². The first-order valence-corrected chi connectivity index (χ1v) is 7.68. The van der Waals surface area contributed by atoms with Crippen LogP contribution in [0.1, 0.15) is 11.1 Å². The first kappa shape index (κ1) is 18.2. The van der Waals surface area contributed by atoms with E-state index in [0.717, 1.165) is 11.1 Å². The SMILES string of the molecule is C=C[C@@H]([C@H](N)C(F)(F)F)N(Cc1ccccc1)Cc1ccccc1. The molecule has 0 aliphatic heterocycles. The lowest BCUT2D eigenvalue weighted by Crippen LogP contribution is -2.53. The Labute approximate surface area is 140 Å². The fraction of sp³-hybridized carbons (Fsp3) is 0.263. The molecule has 0 bridgehead atoms. The molecule has 0 radical (unpaired) electrons. The van der Waals surface area contributed by atoms with Gasteiger partial charge in [-0.3, -0.25) is 4.90 Å². The lowest BCUT2D eigenvalue weighted by Gasteiger charge is -2.34. The summed E-state index contributed by atoms with van der Waals surface area (Å²) in [5, 5.41) is 0. The normalized spacial score (nSPS) is 14.4. The number of nitrogens with two attached hydrogens (primary N) is 1. The first-order valence-electron chi connectivity index (χ1n) is 7.68. The van der Waals surface area contributed by atoms with Crippen molar-refractivity contribution in [2.45, 2.75) is 31.3 Å². The van der Waals surface area contributed by atoms with Gasteiger partial charge in [-0.05, 0) is 11.1 Å². The largest absolute Gasteiger partial charge is 0.405 e. The highest BCUT2D eigenvalue weighted by Crippen LogP contribution is 2.26. The van der Waals surface area contributed by atoms with Crippen LogP contribution in [0, 0.1) is 0 Å². The van der Waals surface area contributed by atoms with Crippen LogP contribution in [0.2, 0.25) is 0 Å². The van der Waals surface area contributed by atoms with Crippen LogP contribution < -0.4 is 5.73 Å². The van der Waals surface area contributed by atoms with Crippen LogP contribution >= 0.6 is 0 Å². The zero-order valence-electron chi connectivity index (χ0n) is 13.3. The average Bonchev–Trinajstić information content (AvgIpc) is 2.56. The molecule has 128 valence electrons. The number of rotatable bonds is 7. The summed E-state index contributed by atoms with van der Waals surface area (Å²) in [7, 11) is 0. The van der Waals surface area contributed by atoms with E-state index in [4.69, 9.17) is 5.73 Å². The smallest absolute Gasteiger partial charge is 0.319 e. The summed E-state index contributed by atoms with van der Waals surface area (Å²) in [6, 6.07) is 15.8. The van der Waals surface area contributed by atoms with Gasteiger partial charge in [0.15, 0.2) is 0 Å². The molecule has 0 fully saturated rings. The predicted molar refractivity (Wildman–Crippen MR) is 90.1 cm³/mol. The lowest BCUT2D eigenvalue weighted by atomic mass is 10.0. The summed E-state index contributed by atoms with van der Waals surface area (Å²) < 4.78 is 39.4. The van der Waals surface area contributed by atoms with Crippen molar-refractivity contribution in [2.24, 2.45) is 5.73 Å². The van der Waals surface area contributed by atoms with Gasteiger partial charge in [-0.1, -0.05) is 66.7 Å². The highest BCUT2D eigenvalue weighted by molar-refractivity contribution is 5.18. The molecular weight excluding hydrogens is 313 g/mol. The van der Waals surface area contributed by atoms with Crippen LogP contribution in [-0.4, -0.2) is 23.2 Å². The topological polar surface area (TPSA) is 29.3 Å². The molecule has 2 aromatic carbocycles. The summed E-state index contributed by atoms with van der Waals surface area (Å²) in [6.45, 7) is 4.29. The fourth-order valence-corrected chi connectivity index (χ4v) is 2.62. The molecule has 2 aromatic rings. The van der Waals surface area contributed by atoms with E-state index >= 15 is 0 Å². The van der Waals surface area contributed by atoms with E-state index < -0.39 is 18.3 Å². The summed E-state index contributed by atoms with van der Waals surface area (Å²) in [5.74, 6) is 0. The summed E-state index contributed by atoms with van der Waals surface area (Å²) >= 11 is 0. The molecule has 24 heavy (non-hydrogen) atoms. The van der Waals surface area contributed by atoms with Crippen molar-refractivity contribution in [3.63, 3.8) is 0 Å². The van der Waals surface area contributed by atoms with Gasteiger partial charge in [-0.2, -0.15) is 13.2 Å². The maximum atomic E-state index is 13.1. The Morgan fingerprint density at radius 3 is 1.67 bits per heavy atom. The van der Waals surface area contributed by atoms with E-state index in [1.54, 1.807) is 4.90 Å². The first-order chi connectivity index (χ1) is 11.4. The minimum Gasteiger partial charge on any atom is -0.319 e. The molecule has 2 atom stereocenters. The Morgan fingerprint density at radius 2 is 1.33 bits per heavy atom. The molecule has 0 aliphatic carbocycles. The summed E-state index contributed by atoms with van der Waals surface area (Å²) in [5.41, 5.74) is 7.33. The third-order valence-corrected chi connectivity index (χ3v) is 3.87. The predicted octanol–water partition coefficient (Wildman–Crippen LogP) is 4.13. The van der Waals surface area contributed by atoms with Crippen molar-refractivity contribution >= 4 is 0 Å². The third kappa shape index (κ3) is 4.94. The molecule has 0 unspecified atom stereocenters. The molecule has 0 saturated heterocycles. The Hall–Kier alpha value is -2.11.